The number of fused-ring (bicyclic) bond motifs is 1. The molecule has 0 aliphatic rings. The molecule has 2 aromatic carbocycles. The van der Waals surface area contributed by atoms with Crippen molar-refractivity contribution in [3.05, 3.63) is 47.8 Å². The smallest absolute Gasteiger partial charge is 0.151 e. The van der Waals surface area contributed by atoms with Crippen LogP contribution in [-0.4, -0.2) is 14.7 Å². The third-order valence-corrected chi connectivity index (χ3v) is 3.33. The summed E-state index contributed by atoms with van der Waals surface area (Å²) in [4.78, 5) is 4.33. The first kappa shape index (κ1) is 11.7. The van der Waals surface area contributed by atoms with Crippen molar-refractivity contribution in [2.45, 2.75) is 6.92 Å². The molecule has 0 spiro atoms. The summed E-state index contributed by atoms with van der Waals surface area (Å²) >= 11 is 0. The Balaban J connectivity index is 2.28. The first-order valence-corrected chi connectivity index (χ1v) is 5.99. The lowest BCUT2D eigenvalue weighted by molar-refractivity contribution is 0.471. The third kappa shape index (κ3) is 1.76. The molecule has 1 aromatic heterocycles. The summed E-state index contributed by atoms with van der Waals surface area (Å²) in [6, 6.07) is 10.2. The topological polar surface area (TPSA) is 38.0 Å². The molecule has 3 aromatic rings. The minimum atomic E-state index is -0.337. The molecule has 4 heteroatoms. The number of hydrogen-bond acceptors (Lipinski definition) is 2. The molecule has 3 nitrogen and oxygen atoms in total. The lowest BCUT2D eigenvalue weighted by Crippen LogP contribution is -1.92. The molecule has 0 radical (unpaired) electrons. The molecule has 0 amide bonds. The predicted octanol–water partition coefficient (Wildman–Crippen LogP) is 3.39. The first-order chi connectivity index (χ1) is 9.08. The van der Waals surface area contributed by atoms with Crippen LogP contribution in [0.4, 0.5) is 4.39 Å². The highest BCUT2D eigenvalue weighted by molar-refractivity contribution is 5.81. The standard InChI is InChI=1S/C15H13FN2O/c1-9-6-7-10(8-13(9)19)15-17-14-11(16)4-3-5-12(14)18(15)2/h3-8,19H,1-2H3. The van der Waals surface area contributed by atoms with Crippen LogP contribution in [0.3, 0.4) is 0 Å². The second-order valence-corrected chi connectivity index (χ2v) is 4.60. The number of imidazole rings is 1. The molecule has 0 fully saturated rings. The Morgan fingerprint density at radius 1 is 1.21 bits per heavy atom. The highest BCUT2D eigenvalue weighted by Gasteiger charge is 2.13. The average molecular weight is 256 g/mol. The van der Waals surface area contributed by atoms with Crippen molar-refractivity contribution in [1.82, 2.24) is 9.55 Å². The van der Waals surface area contributed by atoms with E-state index >= 15 is 0 Å². The van der Waals surface area contributed by atoms with Crippen molar-refractivity contribution in [1.29, 1.82) is 0 Å². The fraction of sp³-hybridized carbons (Fsp3) is 0.133. The van der Waals surface area contributed by atoms with E-state index in [-0.39, 0.29) is 11.6 Å². The number of aromatic hydroxyl groups is 1. The van der Waals surface area contributed by atoms with E-state index in [1.807, 2.05) is 36.7 Å². The van der Waals surface area contributed by atoms with E-state index in [9.17, 15) is 9.50 Å². The Morgan fingerprint density at radius 3 is 2.68 bits per heavy atom. The zero-order valence-electron chi connectivity index (χ0n) is 10.7. The van der Waals surface area contributed by atoms with Gasteiger partial charge in [0.25, 0.3) is 0 Å². The summed E-state index contributed by atoms with van der Waals surface area (Å²) < 4.78 is 15.5. The Morgan fingerprint density at radius 2 is 2.00 bits per heavy atom. The number of benzene rings is 2. The zero-order chi connectivity index (χ0) is 13.6. The Kier molecular flexibility index (Phi) is 2.52. The van der Waals surface area contributed by atoms with Gasteiger partial charge in [-0.1, -0.05) is 18.2 Å². The summed E-state index contributed by atoms with van der Waals surface area (Å²) in [6.45, 7) is 1.83. The summed E-state index contributed by atoms with van der Waals surface area (Å²) in [6.07, 6.45) is 0. The van der Waals surface area contributed by atoms with Gasteiger partial charge in [0, 0.05) is 12.6 Å². The highest BCUT2D eigenvalue weighted by atomic mass is 19.1. The molecule has 1 heterocycles. The number of phenols is 1. The van der Waals surface area contributed by atoms with Gasteiger partial charge in [-0.25, -0.2) is 9.37 Å². The maximum atomic E-state index is 13.7. The maximum Gasteiger partial charge on any atom is 0.151 e. The van der Waals surface area contributed by atoms with Gasteiger partial charge in [0.05, 0.1) is 5.52 Å². The number of hydrogen-bond donors (Lipinski definition) is 1. The van der Waals surface area contributed by atoms with E-state index in [4.69, 9.17) is 0 Å². The van der Waals surface area contributed by atoms with Crippen molar-refractivity contribution in [2.75, 3.05) is 0 Å². The molecule has 0 saturated carbocycles. The van der Waals surface area contributed by atoms with E-state index < -0.39 is 0 Å². The monoisotopic (exact) mass is 256 g/mol. The van der Waals surface area contributed by atoms with Crippen molar-refractivity contribution in [3.63, 3.8) is 0 Å². The van der Waals surface area contributed by atoms with Gasteiger partial charge in [-0.15, -0.1) is 0 Å². The van der Waals surface area contributed by atoms with Crippen LogP contribution in [0.15, 0.2) is 36.4 Å². The number of aryl methyl sites for hydroxylation is 2. The summed E-state index contributed by atoms with van der Waals surface area (Å²) in [7, 11) is 1.83. The molecule has 1 N–H and O–H groups in total. The molecule has 0 aliphatic carbocycles. The molecular weight excluding hydrogens is 243 g/mol. The number of para-hydroxylation sites is 1. The predicted molar refractivity (Wildman–Crippen MR) is 72.5 cm³/mol. The van der Waals surface area contributed by atoms with Gasteiger partial charge in [-0.3, -0.25) is 0 Å². The Labute approximate surface area is 109 Å². The van der Waals surface area contributed by atoms with Gasteiger partial charge in [0.15, 0.2) is 5.82 Å². The molecule has 0 atom stereocenters. The van der Waals surface area contributed by atoms with Crippen LogP contribution in [0.25, 0.3) is 22.4 Å². The fourth-order valence-corrected chi connectivity index (χ4v) is 2.19. The molecule has 0 bridgehead atoms. The third-order valence-electron chi connectivity index (χ3n) is 3.33. The fourth-order valence-electron chi connectivity index (χ4n) is 2.19. The number of rotatable bonds is 1. The molecule has 3 rings (SSSR count). The molecule has 0 saturated heterocycles. The van der Waals surface area contributed by atoms with Crippen LogP contribution in [-0.2, 0) is 7.05 Å². The minimum absolute atomic E-state index is 0.213. The Hall–Kier alpha value is -2.36. The van der Waals surface area contributed by atoms with Crippen LogP contribution in [0.5, 0.6) is 5.75 Å². The summed E-state index contributed by atoms with van der Waals surface area (Å²) in [5, 5.41) is 9.77. The van der Waals surface area contributed by atoms with E-state index in [0.717, 1.165) is 16.6 Å². The largest absolute Gasteiger partial charge is 0.508 e. The van der Waals surface area contributed by atoms with E-state index in [2.05, 4.69) is 4.98 Å². The highest BCUT2D eigenvalue weighted by Crippen LogP contribution is 2.28. The van der Waals surface area contributed by atoms with Crippen LogP contribution >= 0.6 is 0 Å². The van der Waals surface area contributed by atoms with E-state index in [1.165, 1.54) is 6.07 Å². The van der Waals surface area contributed by atoms with Gasteiger partial charge < -0.3 is 9.67 Å². The van der Waals surface area contributed by atoms with Crippen LogP contribution in [0, 0.1) is 12.7 Å². The summed E-state index contributed by atoms with van der Waals surface area (Å²) in [5.41, 5.74) is 2.64. The summed E-state index contributed by atoms with van der Waals surface area (Å²) in [5.74, 6) is 0.510. The second-order valence-electron chi connectivity index (χ2n) is 4.60. The number of nitrogens with zero attached hydrogens (tertiary/aromatic N) is 2. The number of phenolic OH excluding ortho intramolecular Hbond substituents is 1. The van der Waals surface area contributed by atoms with Gasteiger partial charge in [0.2, 0.25) is 0 Å². The van der Waals surface area contributed by atoms with Gasteiger partial charge in [0.1, 0.15) is 17.1 Å². The SMILES string of the molecule is Cc1ccc(-c2nc3c(F)cccc3n2C)cc1O. The van der Waals surface area contributed by atoms with E-state index in [1.54, 1.807) is 12.1 Å². The average Bonchev–Trinajstić information content (AvgIpc) is 2.72. The molecule has 19 heavy (non-hydrogen) atoms. The lowest BCUT2D eigenvalue weighted by atomic mass is 10.1. The van der Waals surface area contributed by atoms with Crippen LogP contribution in [0.1, 0.15) is 5.56 Å². The van der Waals surface area contributed by atoms with Crippen LogP contribution < -0.4 is 0 Å². The van der Waals surface area contributed by atoms with Crippen LogP contribution in [0.2, 0.25) is 0 Å². The van der Waals surface area contributed by atoms with Gasteiger partial charge in [-0.05, 0) is 30.7 Å². The zero-order valence-corrected chi connectivity index (χ0v) is 10.7. The Bertz CT molecular complexity index is 777. The molecule has 0 unspecified atom stereocenters. The normalized spacial score (nSPS) is 11.1. The molecule has 96 valence electrons. The molecule has 0 aliphatic heterocycles. The van der Waals surface area contributed by atoms with E-state index in [0.29, 0.717) is 11.3 Å². The first-order valence-electron chi connectivity index (χ1n) is 5.99. The maximum absolute atomic E-state index is 13.7. The van der Waals surface area contributed by atoms with Crippen molar-refractivity contribution in [2.24, 2.45) is 7.05 Å². The second kappa shape index (κ2) is 4.09. The minimum Gasteiger partial charge on any atom is -0.508 e. The number of halogens is 1. The van der Waals surface area contributed by atoms with Crippen molar-refractivity contribution in [3.8, 4) is 17.1 Å². The van der Waals surface area contributed by atoms with Crippen molar-refractivity contribution >= 4 is 11.0 Å². The van der Waals surface area contributed by atoms with Crippen molar-refractivity contribution < 1.29 is 9.50 Å². The lowest BCUT2D eigenvalue weighted by Gasteiger charge is -2.04. The number of aromatic nitrogens is 2. The van der Waals surface area contributed by atoms with Gasteiger partial charge >= 0.3 is 0 Å². The quantitative estimate of drug-likeness (QED) is 0.724. The van der Waals surface area contributed by atoms with Gasteiger partial charge in [-0.2, -0.15) is 0 Å². The molecular formula is C15H13FN2O.